The van der Waals surface area contributed by atoms with Crippen LogP contribution in [0.5, 0.6) is 0 Å². The Morgan fingerprint density at radius 2 is 1.34 bits per heavy atom. The monoisotopic (exact) mass is 909 g/mol. The molecule has 18 nitrogen and oxygen atoms in total. The summed E-state index contributed by atoms with van der Waals surface area (Å²) in [6.07, 6.45) is 2.57. The zero-order valence-electron chi connectivity index (χ0n) is 36.3. The molecule has 1 fully saturated rings. The Kier molecular flexibility index (Phi) is 17.7. The molecule has 0 unspecified atom stereocenters. The number of halogens is 1. The van der Waals surface area contributed by atoms with Gasteiger partial charge < -0.3 is 48.7 Å². The first-order valence-electron chi connectivity index (χ1n) is 21.3. The van der Waals surface area contributed by atoms with Crippen molar-refractivity contribution in [2.75, 3.05) is 13.1 Å². The predicted molar refractivity (Wildman–Crippen MR) is 246 cm³/mol. The summed E-state index contributed by atoms with van der Waals surface area (Å²) in [4.78, 5) is 105. The molecule has 6 atom stereocenters. The van der Waals surface area contributed by atoms with E-state index in [9.17, 15) is 33.6 Å². The number of hydrogen-bond acceptors (Lipinski definition) is 9. The highest BCUT2D eigenvalue weighted by molar-refractivity contribution is 6.30. The molecule has 5 rings (SSSR count). The van der Waals surface area contributed by atoms with Crippen molar-refractivity contribution in [3.63, 3.8) is 0 Å². The van der Waals surface area contributed by atoms with Crippen molar-refractivity contribution in [1.82, 2.24) is 36.5 Å². The number of primary amides is 1. The van der Waals surface area contributed by atoms with Gasteiger partial charge in [-0.2, -0.15) is 0 Å². The van der Waals surface area contributed by atoms with Crippen LogP contribution in [0.3, 0.4) is 0 Å². The minimum Gasteiger partial charge on any atom is -0.370 e. The van der Waals surface area contributed by atoms with Crippen LogP contribution >= 0.6 is 11.6 Å². The third kappa shape index (κ3) is 14.7. The van der Waals surface area contributed by atoms with Crippen molar-refractivity contribution < 1.29 is 33.6 Å². The van der Waals surface area contributed by atoms with Crippen molar-refractivity contribution in [1.29, 1.82) is 0 Å². The third-order valence-electron chi connectivity index (χ3n) is 10.9. The second kappa shape index (κ2) is 23.6. The molecule has 0 bridgehead atoms. The molecule has 1 aliphatic heterocycles. The summed E-state index contributed by atoms with van der Waals surface area (Å²) in [5, 5.41) is 16.1. The minimum absolute atomic E-state index is 0.0336. The molecule has 4 aromatic rings. The lowest BCUT2D eigenvalue weighted by molar-refractivity contribution is -0.142. The zero-order chi connectivity index (χ0) is 47.0. The number of amides is 7. The Balaban J connectivity index is 1.42. The molecule has 65 heavy (non-hydrogen) atoms. The maximum absolute atomic E-state index is 14.5. The molecule has 0 spiro atoms. The van der Waals surface area contributed by atoms with E-state index in [4.69, 9.17) is 28.8 Å². The largest absolute Gasteiger partial charge is 0.370 e. The van der Waals surface area contributed by atoms with Crippen LogP contribution in [0.4, 0.5) is 0 Å². The number of aromatic nitrogens is 1. The Labute approximate surface area is 381 Å². The molecule has 1 saturated heterocycles. The maximum atomic E-state index is 14.5. The number of nitrogens with zero attached hydrogens (tertiary/aromatic N) is 3. The van der Waals surface area contributed by atoms with Gasteiger partial charge in [0.25, 0.3) is 0 Å². The highest BCUT2D eigenvalue weighted by atomic mass is 35.5. The Bertz CT molecular complexity index is 2360. The number of aliphatic imine (C=N–C) groups is 1. The number of nitrogens with one attached hydrogen (secondary N) is 5. The third-order valence-corrected chi connectivity index (χ3v) is 11.1. The van der Waals surface area contributed by atoms with Crippen LogP contribution in [0.1, 0.15) is 56.4 Å². The van der Waals surface area contributed by atoms with Gasteiger partial charge in [0.1, 0.15) is 36.3 Å². The van der Waals surface area contributed by atoms with Crippen molar-refractivity contribution in [2.45, 2.75) is 95.0 Å². The Morgan fingerprint density at radius 1 is 0.738 bits per heavy atom. The molecule has 344 valence electrons. The van der Waals surface area contributed by atoms with Crippen LogP contribution in [0.15, 0.2) is 96.1 Å². The van der Waals surface area contributed by atoms with Crippen LogP contribution in [0.2, 0.25) is 5.02 Å². The first kappa shape index (κ1) is 48.9. The van der Waals surface area contributed by atoms with Crippen molar-refractivity contribution in [3.05, 3.63) is 113 Å². The topological polar surface area (TPSA) is 286 Å². The predicted octanol–water partition coefficient (Wildman–Crippen LogP) is 0.910. The van der Waals surface area contributed by atoms with E-state index >= 15 is 0 Å². The first-order chi connectivity index (χ1) is 31.1. The lowest BCUT2D eigenvalue weighted by Crippen LogP contribution is -2.60. The molecule has 2 heterocycles. The van der Waals surface area contributed by atoms with E-state index in [-0.39, 0.29) is 51.2 Å². The van der Waals surface area contributed by atoms with Crippen molar-refractivity contribution in [2.24, 2.45) is 22.2 Å². The van der Waals surface area contributed by atoms with E-state index in [1.165, 1.54) is 24.9 Å². The number of hydrogen-bond donors (Lipinski definition) is 8. The summed E-state index contributed by atoms with van der Waals surface area (Å²) in [7, 11) is 0. The van der Waals surface area contributed by atoms with Gasteiger partial charge in [-0.05, 0) is 78.8 Å². The lowest BCUT2D eigenvalue weighted by atomic mass is 9.99. The summed E-state index contributed by atoms with van der Waals surface area (Å²) in [5.41, 5.74) is 18.3. The van der Waals surface area contributed by atoms with Gasteiger partial charge in [0.2, 0.25) is 41.4 Å². The van der Waals surface area contributed by atoms with Gasteiger partial charge in [0, 0.05) is 56.2 Å². The highest BCUT2D eigenvalue weighted by Gasteiger charge is 2.39. The fourth-order valence-electron chi connectivity index (χ4n) is 7.52. The summed E-state index contributed by atoms with van der Waals surface area (Å²) >= 11 is 6.17. The van der Waals surface area contributed by atoms with Crippen LogP contribution < -0.4 is 43.8 Å². The summed E-state index contributed by atoms with van der Waals surface area (Å²) in [6, 6.07) is 18.4. The van der Waals surface area contributed by atoms with E-state index in [0.29, 0.717) is 29.1 Å². The highest BCUT2D eigenvalue weighted by Crippen LogP contribution is 2.21. The van der Waals surface area contributed by atoms with E-state index in [0.717, 1.165) is 16.3 Å². The molecule has 1 aromatic heterocycles. The molecule has 7 amide bonds. The number of pyridine rings is 1. The van der Waals surface area contributed by atoms with Gasteiger partial charge in [-0.15, -0.1) is 0 Å². The fourth-order valence-corrected chi connectivity index (χ4v) is 7.65. The molecule has 3 aromatic carbocycles. The molecule has 0 saturated carbocycles. The average molecular weight is 910 g/mol. The average Bonchev–Trinajstić information content (AvgIpc) is 3.78. The Hall–Kier alpha value is -7.08. The lowest BCUT2D eigenvalue weighted by Gasteiger charge is -2.30. The molecule has 19 heteroatoms. The smallest absolute Gasteiger partial charge is 0.245 e. The van der Waals surface area contributed by atoms with Crippen LogP contribution in [-0.2, 0) is 52.8 Å². The number of nitrogens with two attached hydrogens (primary N) is 3. The SMILES string of the molecule is CC(=O)N[C@H](Cc1ccc2ccccc2c1)C(=O)N[C@H](Cc1ccc(Cl)cc1)C(=O)N[C@H](Cc1ccccn1)C(=O)N[C@@H](CCCN=C(N)N)C(=O)N1CCC[C@H]1C(=O)N[C@H](C)C(N)=O. The summed E-state index contributed by atoms with van der Waals surface area (Å²) in [6.45, 7) is 3.05. The van der Waals surface area contributed by atoms with E-state index < -0.39 is 77.6 Å². The number of carbonyl (C=O) groups is 7. The van der Waals surface area contributed by atoms with Crippen LogP contribution in [0.25, 0.3) is 10.8 Å². The number of likely N-dealkylation sites (tertiary alicyclic amines) is 1. The van der Waals surface area contributed by atoms with Crippen LogP contribution in [-0.4, -0.2) is 107 Å². The Morgan fingerprint density at radius 3 is 1.97 bits per heavy atom. The van der Waals surface area contributed by atoms with Gasteiger partial charge >= 0.3 is 0 Å². The summed E-state index contributed by atoms with van der Waals surface area (Å²) < 4.78 is 0. The summed E-state index contributed by atoms with van der Waals surface area (Å²) in [5.74, 6) is -4.65. The minimum atomic E-state index is -1.34. The quantitative estimate of drug-likeness (QED) is 0.0332. The number of fused-ring (bicyclic) bond motifs is 1. The second-order valence-electron chi connectivity index (χ2n) is 15.9. The van der Waals surface area contributed by atoms with Crippen molar-refractivity contribution >= 4 is 69.7 Å². The van der Waals surface area contributed by atoms with Crippen molar-refractivity contribution in [3.8, 4) is 0 Å². The number of carbonyl (C=O) groups excluding carboxylic acids is 7. The standard InChI is InChI=1S/C46H56ClN11O7/c1-27(40(48)60)53-44(64)39-13-8-22-58(39)45(65)35(12-7-21-52-46(49)50)55-43(63)38(26-34-11-5-6-20-51-34)57-42(62)37(24-29-15-18-33(47)19-16-29)56-41(61)36(54-28(2)59)25-30-14-17-31-9-3-4-10-32(31)23-30/h3-6,9-11,14-20,23,27,35-39H,7-8,12-13,21-22,24-26H2,1-2H3,(H2,48,60)(H,53,64)(H,54,59)(H,55,63)(H,56,61)(H,57,62)(H4,49,50,52)/t27-,35+,36-,37-,38-,39+/m1/s1. The molecule has 1 aliphatic rings. The normalized spacial score (nSPS) is 15.6. The van der Waals surface area contributed by atoms with E-state index in [1.807, 2.05) is 42.5 Å². The molecule has 0 aliphatic carbocycles. The van der Waals surface area contributed by atoms with Gasteiger partial charge in [0.05, 0.1) is 0 Å². The van der Waals surface area contributed by atoms with Gasteiger partial charge in [-0.25, -0.2) is 0 Å². The molecule has 0 radical (unpaired) electrons. The molecular formula is C46H56ClN11O7. The fraction of sp³-hybridized carbons (Fsp3) is 0.370. The molecule has 11 N–H and O–H groups in total. The van der Waals surface area contributed by atoms with Crippen LogP contribution in [0, 0.1) is 0 Å². The van der Waals surface area contributed by atoms with Gasteiger partial charge in [0.15, 0.2) is 5.96 Å². The number of guanidine groups is 1. The molecular weight excluding hydrogens is 854 g/mol. The van der Waals surface area contributed by atoms with E-state index in [2.05, 4.69) is 36.6 Å². The van der Waals surface area contributed by atoms with E-state index in [1.54, 1.807) is 42.5 Å². The first-order valence-corrected chi connectivity index (χ1v) is 21.7. The zero-order valence-corrected chi connectivity index (χ0v) is 37.1. The number of benzene rings is 3. The van der Waals surface area contributed by atoms with Gasteiger partial charge in [-0.3, -0.25) is 43.5 Å². The maximum Gasteiger partial charge on any atom is 0.245 e. The second-order valence-corrected chi connectivity index (χ2v) is 16.4. The number of rotatable bonds is 21. The van der Waals surface area contributed by atoms with Gasteiger partial charge in [-0.1, -0.05) is 72.3 Å².